The number of nitrogens with one attached hydrogen (secondary N) is 3. The van der Waals surface area contributed by atoms with E-state index in [0.717, 1.165) is 11.8 Å². The monoisotopic (exact) mass is 399 g/mol. The smallest absolute Gasteiger partial charge is 0.342 e. The molecule has 2 rings (SSSR count). The van der Waals surface area contributed by atoms with Gasteiger partial charge in [-0.1, -0.05) is 23.4 Å². The Hall–Kier alpha value is -2.79. The number of phenols is 1. The van der Waals surface area contributed by atoms with Crippen LogP contribution in [0.25, 0.3) is 0 Å². The van der Waals surface area contributed by atoms with Crippen molar-refractivity contribution in [1.82, 2.24) is 20.6 Å². The lowest BCUT2D eigenvalue weighted by atomic mass is 10.2. The number of nitrogens with zero attached hydrogens (tertiary/aromatic N) is 2. The highest BCUT2D eigenvalue weighted by molar-refractivity contribution is 8.00. The number of hydrazone groups is 1. The number of carbonyl (C=O) groups is 1. The first-order valence-corrected chi connectivity index (χ1v) is 8.32. The third-order valence-corrected chi connectivity index (χ3v) is 4.35. The van der Waals surface area contributed by atoms with Crippen molar-refractivity contribution in [3.05, 3.63) is 43.6 Å². The van der Waals surface area contributed by atoms with Crippen molar-refractivity contribution in [2.45, 2.75) is 17.2 Å². The predicted octanol–water partition coefficient (Wildman–Crippen LogP) is 0.457. The Morgan fingerprint density at radius 1 is 1.50 bits per heavy atom. The fourth-order valence-electron chi connectivity index (χ4n) is 1.72. The summed E-state index contributed by atoms with van der Waals surface area (Å²) < 4.78 is 4.97. The van der Waals surface area contributed by atoms with Crippen LogP contribution in [0.4, 0.5) is 0 Å². The second-order valence-electron chi connectivity index (χ2n) is 4.86. The third-order valence-electron chi connectivity index (χ3n) is 3.00. The lowest BCUT2D eigenvalue weighted by Gasteiger charge is -2.08. The first kappa shape index (κ1) is 19.5. The molecule has 10 nitrogen and oxygen atoms in total. The zero-order chi connectivity index (χ0) is 19.3. The van der Waals surface area contributed by atoms with Gasteiger partial charge in [-0.3, -0.25) is 14.6 Å². The van der Waals surface area contributed by atoms with Crippen LogP contribution in [0.5, 0.6) is 11.5 Å². The van der Waals surface area contributed by atoms with Crippen molar-refractivity contribution in [1.29, 1.82) is 0 Å². The molecule has 0 bridgehead atoms. The molecule has 4 N–H and O–H groups in total. The highest BCUT2D eigenvalue weighted by atomic mass is 35.5. The van der Waals surface area contributed by atoms with E-state index >= 15 is 0 Å². The maximum Gasteiger partial charge on any atom is 0.342 e. The van der Waals surface area contributed by atoms with Gasteiger partial charge in [0.25, 0.3) is 11.5 Å². The first-order valence-electron chi connectivity index (χ1n) is 7.07. The van der Waals surface area contributed by atoms with E-state index in [4.69, 9.17) is 16.3 Å². The van der Waals surface area contributed by atoms with Crippen LogP contribution in [-0.2, 0) is 4.79 Å². The summed E-state index contributed by atoms with van der Waals surface area (Å²) in [6, 6.07) is 2.93. The number of rotatable bonds is 6. The van der Waals surface area contributed by atoms with Crippen LogP contribution < -0.4 is 21.4 Å². The van der Waals surface area contributed by atoms with Gasteiger partial charge in [-0.15, -0.1) is 0 Å². The van der Waals surface area contributed by atoms with Crippen LogP contribution in [0.3, 0.4) is 0 Å². The minimum atomic E-state index is -0.732. The number of benzene rings is 1. The zero-order valence-corrected chi connectivity index (χ0v) is 15.1. The number of hydrogen-bond donors (Lipinski definition) is 4. The van der Waals surface area contributed by atoms with Gasteiger partial charge in [-0.25, -0.2) is 15.3 Å². The van der Waals surface area contributed by atoms with E-state index in [-0.39, 0.29) is 21.5 Å². The van der Waals surface area contributed by atoms with Crippen LogP contribution in [0.1, 0.15) is 12.5 Å². The molecular formula is C14H14ClN5O5S. The van der Waals surface area contributed by atoms with E-state index in [0.29, 0.717) is 5.56 Å². The topological polar surface area (TPSA) is 150 Å². The predicted molar refractivity (Wildman–Crippen MR) is 96.2 cm³/mol. The first-order chi connectivity index (χ1) is 12.3. The van der Waals surface area contributed by atoms with Crippen molar-refractivity contribution in [2.75, 3.05) is 7.11 Å². The number of phenolic OH excluding ortho intramolecular Hbond substituents is 1. The van der Waals surface area contributed by atoms with E-state index in [2.05, 4.69) is 20.7 Å². The van der Waals surface area contributed by atoms with Gasteiger partial charge < -0.3 is 9.84 Å². The summed E-state index contributed by atoms with van der Waals surface area (Å²) in [6.45, 7) is 1.54. The molecule has 0 aliphatic heterocycles. The number of aromatic amines is 2. The van der Waals surface area contributed by atoms with Crippen LogP contribution in [0.2, 0.25) is 5.02 Å². The van der Waals surface area contributed by atoms with Crippen LogP contribution in [0.15, 0.2) is 31.8 Å². The van der Waals surface area contributed by atoms with Gasteiger partial charge in [0.15, 0.2) is 16.5 Å². The Balaban J connectivity index is 2.01. The summed E-state index contributed by atoms with van der Waals surface area (Å²) in [5, 5.41) is 18.4. The van der Waals surface area contributed by atoms with Gasteiger partial charge in [0.1, 0.15) is 0 Å². The molecule has 0 saturated heterocycles. The summed E-state index contributed by atoms with van der Waals surface area (Å²) in [5.74, 6) is -0.521. The normalized spacial score (nSPS) is 12.1. The molecule has 2 aromatic rings. The van der Waals surface area contributed by atoms with Crippen LogP contribution >= 0.6 is 23.4 Å². The number of thioether (sulfide) groups is 1. The Bertz CT molecular complexity index is 957. The molecule has 0 aliphatic rings. The Morgan fingerprint density at radius 3 is 2.88 bits per heavy atom. The number of amides is 1. The fraction of sp³-hybridized carbons (Fsp3) is 0.214. The summed E-state index contributed by atoms with van der Waals surface area (Å²) in [4.78, 5) is 36.5. The largest absolute Gasteiger partial charge is 0.503 e. The average molecular weight is 400 g/mol. The van der Waals surface area contributed by atoms with Crippen molar-refractivity contribution >= 4 is 35.5 Å². The maximum atomic E-state index is 12.0. The van der Waals surface area contributed by atoms with Crippen molar-refractivity contribution in [3.63, 3.8) is 0 Å². The fourth-order valence-corrected chi connectivity index (χ4v) is 2.69. The van der Waals surface area contributed by atoms with E-state index in [9.17, 15) is 19.5 Å². The summed E-state index contributed by atoms with van der Waals surface area (Å²) in [6.07, 6.45) is 1.31. The highest BCUT2D eigenvalue weighted by Crippen LogP contribution is 2.34. The number of hydrogen-bond acceptors (Lipinski definition) is 8. The minimum Gasteiger partial charge on any atom is -0.503 e. The minimum absolute atomic E-state index is 0.0497. The standard InChI is InChI=1S/C14H14ClN5O5S/c1-6(26-13-12(23)17-14(24)20-19-13)11(22)18-16-5-7-3-8(15)10(21)9(4-7)25-2/h3-6,21H,1-2H3,(H,18,22)(H2,17,20,23,24)/b16-5+. The van der Waals surface area contributed by atoms with E-state index in [1.807, 2.05) is 4.98 Å². The molecule has 0 radical (unpaired) electrons. The second-order valence-corrected chi connectivity index (χ2v) is 6.60. The van der Waals surface area contributed by atoms with Gasteiger partial charge >= 0.3 is 5.69 Å². The molecule has 1 atom stereocenters. The summed E-state index contributed by atoms with van der Waals surface area (Å²) in [7, 11) is 1.37. The number of H-pyrrole nitrogens is 2. The molecule has 0 aliphatic carbocycles. The molecule has 1 aromatic heterocycles. The van der Waals surface area contributed by atoms with Gasteiger partial charge in [-0.05, 0) is 24.6 Å². The van der Waals surface area contributed by atoms with Crippen molar-refractivity contribution in [3.8, 4) is 11.5 Å². The number of halogens is 1. The van der Waals surface area contributed by atoms with Crippen molar-refractivity contribution in [2.24, 2.45) is 5.10 Å². The number of ether oxygens (including phenoxy) is 1. The number of methoxy groups -OCH3 is 1. The van der Waals surface area contributed by atoms with Crippen molar-refractivity contribution < 1.29 is 14.6 Å². The molecule has 1 heterocycles. The summed E-state index contributed by atoms with van der Waals surface area (Å²) >= 11 is 6.72. The van der Waals surface area contributed by atoms with Gasteiger partial charge in [0, 0.05) is 0 Å². The van der Waals surface area contributed by atoms with Crippen LogP contribution in [0, 0.1) is 0 Å². The third kappa shape index (κ3) is 4.86. The molecule has 0 saturated carbocycles. The molecule has 138 valence electrons. The molecule has 12 heteroatoms. The molecule has 26 heavy (non-hydrogen) atoms. The Kier molecular flexibility index (Phi) is 6.41. The van der Waals surface area contributed by atoms with Gasteiger partial charge in [0.05, 0.1) is 23.6 Å². The molecule has 1 aromatic carbocycles. The second kappa shape index (κ2) is 8.54. The highest BCUT2D eigenvalue weighted by Gasteiger charge is 2.17. The number of aromatic hydroxyl groups is 1. The molecule has 0 fully saturated rings. The van der Waals surface area contributed by atoms with E-state index in [1.54, 1.807) is 6.92 Å². The molecule has 1 unspecified atom stereocenters. The van der Waals surface area contributed by atoms with E-state index in [1.165, 1.54) is 25.5 Å². The Labute approximate surface area is 155 Å². The quantitative estimate of drug-likeness (QED) is 0.313. The van der Waals surface area contributed by atoms with Gasteiger partial charge in [-0.2, -0.15) is 10.2 Å². The summed E-state index contributed by atoms with van der Waals surface area (Å²) in [5.41, 5.74) is 1.38. The zero-order valence-electron chi connectivity index (χ0n) is 13.6. The lowest BCUT2D eigenvalue weighted by molar-refractivity contribution is -0.120. The number of carbonyl (C=O) groups excluding carboxylic acids is 1. The van der Waals surface area contributed by atoms with Crippen LogP contribution in [-0.4, -0.2) is 44.8 Å². The molecule has 1 amide bonds. The van der Waals surface area contributed by atoms with Gasteiger partial charge in [0.2, 0.25) is 0 Å². The average Bonchev–Trinajstić information content (AvgIpc) is 2.60. The Morgan fingerprint density at radius 2 is 2.23 bits per heavy atom. The molecule has 0 spiro atoms. The number of aromatic nitrogens is 3. The SMILES string of the molecule is COc1cc(/C=N/NC(=O)C(C)Sc2n[nH]c(=O)[nH]c2=O)cc(Cl)c1O. The maximum absolute atomic E-state index is 12.0. The molecular weight excluding hydrogens is 386 g/mol. The lowest BCUT2D eigenvalue weighted by Crippen LogP contribution is -2.30. The van der Waals surface area contributed by atoms with E-state index < -0.39 is 22.4 Å².